The van der Waals surface area contributed by atoms with E-state index in [4.69, 9.17) is 0 Å². The molecule has 0 saturated carbocycles. The summed E-state index contributed by atoms with van der Waals surface area (Å²) in [5, 5.41) is 4.30. The van der Waals surface area contributed by atoms with E-state index in [0.29, 0.717) is 0 Å². The summed E-state index contributed by atoms with van der Waals surface area (Å²) >= 11 is 0. The zero-order valence-electron chi connectivity index (χ0n) is 11.6. The second kappa shape index (κ2) is 5.45. The molecule has 20 heavy (non-hydrogen) atoms. The van der Waals surface area contributed by atoms with E-state index in [2.05, 4.69) is 17.0 Å². The average molecular weight is 270 g/mol. The van der Waals surface area contributed by atoms with E-state index >= 15 is 0 Å². The summed E-state index contributed by atoms with van der Waals surface area (Å²) in [6.07, 6.45) is 4.91. The number of piperidine rings is 1. The number of amides is 1. The van der Waals surface area contributed by atoms with E-state index in [-0.39, 0.29) is 17.8 Å². The highest BCUT2D eigenvalue weighted by Crippen LogP contribution is 2.18. The third-order valence-corrected chi connectivity index (χ3v) is 3.77. The second-order valence-corrected chi connectivity index (χ2v) is 5.19. The molecule has 1 amide bonds. The Morgan fingerprint density at radius 2 is 2.05 bits per heavy atom. The first kappa shape index (κ1) is 12.8. The van der Waals surface area contributed by atoms with Crippen LogP contribution in [0.5, 0.6) is 0 Å². The quantitative estimate of drug-likeness (QED) is 0.841. The SMILES string of the molecule is CC1CCCCN1C(=O)c1ncn(-c2ccccc2)n1. The molecule has 1 fully saturated rings. The summed E-state index contributed by atoms with van der Waals surface area (Å²) in [4.78, 5) is 18.5. The summed E-state index contributed by atoms with van der Waals surface area (Å²) in [7, 11) is 0. The first-order chi connectivity index (χ1) is 9.75. The molecule has 2 heterocycles. The lowest BCUT2D eigenvalue weighted by atomic mass is 10.0. The zero-order chi connectivity index (χ0) is 13.9. The molecule has 0 aliphatic carbocycles. The van der Waals surface area contributed by atoms with Crippen molar-refractivity contribution in [2.75, 3.05) is 6.54 Å². The topological polar surface area (TPSA) is 51.0 Å². The van der Waals surface area contributed by atoms with Crippen molar-refractivity contribution in [1.82, 2.24) is 19.7 Å². The van der Waals surface area contributed by atoms with Gasteiger partial charge in [-0.25, -0.2) is 9.67 Å². The van der Waals surface area contributed by atoms with Gasteiger partial charge in [-0.2, -0.15) is 0 Å². The Labute approximate surface area is 118 Å². The van der Waals surface area contributed by atoms with Crippen LogP contribution in [0, 0.1) is 0 Å². The normalized spacial score (nSPS) is 19.1. The fourth-order valence-corrected chi connectivity index (χ4v) is 2.59. The molecule has 0 radical (unpaired) electrons. The lowest BCUT2D eigenvalue weighted by Crippen LogP contribution is -2.42. The number of aromatic nitrogens is 3. The first-order valence-corrected chi connectivity index (χ1v) is 7.04. The molecule has 104 valence electrons. The molecule has 5 heteroatoms. The molecular weight excluding hydrogens is 252 g/mol. The summed E-state index contributed by atoms with van der Waals surface area (Å²) < 4.78 is 1.64. The lowest BCUT2D eigenvalue weighted by molar-refractivity contribution is 0.0623. The molecule has 3 rings (SSSR count). The van der Waals surface area contributed by atoms with E-state index in [1.165, 1.54) is 6.42 Å². The lowest BCUT2D eigenvalue weighted by Gasteiger charge is -2.32. The number of likely N-dealkylation sites (tertiary alicyclic amines) is 1. The maximum atomic E-state index is 12.4. The standard InChI is InChI=1S/C15H18N4O/c1-12-7-5-6-10-18(12)15(20)14-16-11-19(17-14)13-8-3-2-4-9-13/h2-4,8-9,11-12H,5-7,10H2,1H3. The minimum atomic E-state index is -0.0631. The van der Waals surface area contributed by atoms with E-state index in [0.717, 1.165) is 25.1 Å². The smallest absolute Gasteiger partial charge is 0.293 e. The van der Waals surface area contributed by atoms with Crippen LogP contribution in [0.1, 0.15) is 36.8 Å². The minimum Gasteiger partial charge on any atom is -0.333 e. The molecule has 2 aromatic rings. The summed E-state index contributed by atoms with van der Waals surface area (Å²) in [5.41, 5.74) is 0.908. The maximum Gasteiger partial charge on any atom is 0.293 e. The van der Waals surface area contributed by atoms with Gasteiger partial charge in [0.15, 0.2) is 0 Å². The van der Waals surface area contributed by atoms with Crippen LogP contribution < -0.4 is 0 Å². The van der Waals surface area contributed by atoms with E-state index < -0.39 is 0 Å². The molecule has 1 unspecified atom stereocenters. The molecule has 0 N–H and O–H groups in total. The largest absolute Gasteiger partial charge is 0.333 e. The van der Waals surface area contributed by atoms with Crippen LogP contribution >= 0.6 is 0 Å². The molecule has 1 aromatic heterocycles. The van der Waals surface area contributed by atoms with Gasteiger partial charge in [0.25, 0.3) is 5.91 Å². The number of nitrogens with zero attached hydrogens (tertiary/aromatic N) is 4. The van der Waals surface area contributed by atoms with Gasteiger partial charge in [0.05, 0.1) is 5.69 Å². The predicted octanol–water partition coefficient (Wildman–Crippen LogP) is 2.28. The van der Waals surface area contributed by atoms with E-state index in [9.17, 15) is 4.79 Å². The molecule has 1 atom stereocenters. The molecule has 0 spiro atoms. The molecule has 1 aromatic carbocycles. The van der Waals surface area contributed by atoms with Crippen molar-refractivity contribution in [2.24, 2.45) is 0 Å². The van der Waals surface area contributed by atoms with Gasteiger partial charge in [0, 0.05) is 12.6 Å². The van der Waals surface area contributed by atoms with Crippen molar-refractivity contribution in [3.63, 3.8) is 0 Å². The summed E-state index contributed by atoms with van der Waals surface area (Å²) in [6, 6.07) is 9.97. The van der Waals surface area contributed by atoms with Gasteiger partial charge in [-0.05, 0) is 38.3 Å². The molecule has 1 aliphatic rings. The van der Waals surface area contributed by atoms with Gasteiger partial charge in [-0.3, -0.25) is 4.79 Å². The third kappa shape index (κ3) is 2.43. The van der Waals surface area contributed by atoms with Crippen LogP contribution in [-0.2, 0) is 0 Å². The van der Waals surface area contributed by atoms with Crippen LogP contribution in [0.15, 0.2) is 36.7 Å². The number of hydrogen-bond acceptors (Lipinski definition) is 3. The van der Waals surface area contributed by atoms with Crippen molar-refractivity contribution in [1.29, 1.82) is 0 Å². The number of carbonyl (C=O) groups is 1. The Kier molecular flexibility index (Phi) is 3.50. The molecule has 0 bridgehead atoms. The fourth-order valence-electron chi connectivity index (χ4n) is 2.59. The monoisotopic (exact) mass is 270 g/mol. The van der Waals surface area contributed by atoms with E-state index in [1.807, 2.05) is 35.2 Å². The Morgan fingerprint density at radius 3 is 2.80 bits per heavy atom. The Hall–Kier alpha value is -2.17. The van der Waals surface area contributed by atoms with Gasteiger partial charge < -0.3 is 4.90 Å². The van der Waals surface area contributed by atoms with E-state index in [1.54, 1.807) is 11.0 Å². The predicted molar refractivity (Wildman–Crippen MR) is 75.7 cm³/mol. The summed E-state index contributed by atoms with van der Waals surface area (Å²) in [6.45, 7) is 2.89. The van der Waals surface area contributed by atoms with Gasteiger partial charge >= 0.3 is 0 Å². The number of carbonyl (C=O) groups excluding carboxylic acids is 1. The highest BCUT2D eigenvalue weighted by Gasteiger charge is 2.26. The van der Waals surface area contributed by atoms with Crippen molar-refractivity contribution < 1.29 is 4.79 Å². The maximum absolute atomic E-state index is 12.4. The Morgan fingerprint density at radius 1 is 1.25 bits per heavy atom. The number of rotatable bonds is 2. The van der Waals surface area contributed by atoms with Crippen molar-refractivity contribution in [3.8, 4) is 5.69 Å². The highest BCUT2D eigenvalue weighted by atomic mass is 16.2. The first-order valence-electron chi connectivity index (χ1n) is 7.04. The number of benzene rings is 1. The van der Waals surface area contributed by atoms with Crippen LogP contribution in [0.2, 0.25) is 0 Å². The van der Waals surface area contributed by atoms with Gasteiger partial charge in [-0.15, -0.1) is 5.10 Å². The molecule has 5 nitrogen and oxygen atoms in total. The van der Waals surface area contributed by atoms with Gasteiger partial charge in [0.1, 0.15) is 6.33 Å². The van der Waals surface area contributed by atoms with Crippen molar-refractivity contribution in [3.05, 3.63) is 42.5 Å². The molecule has 1 aliphatic heterocycles. The van der Waals surface area contributed by atoms with Crippen LogP contribution in [0.25, 0.3) is 5.69 Å². The highest BCUT2D eigenvalue weighted by molar-refractivity contribution is 5.90. The van der Waals surface area contributed by atoms with Gasteiger partial charge in [0.2, 0.25) is 5.82 Å². The molecule has 1 saturated heterocycles. The fraction of sp³-hybridized carbons (Fsp3) is 0.400. The van der Waals surface area contributed by atoms with Crippen LogP contribution in [0.3, 0.4) is 0 Å². The zero-order valence-corrected chi connectivity index (χ0v) is 11.6. The summed E-state index contributed by atoms with van der Waals surface area (Å²) in [5.74, 6) is 0.217. The number of hydrogen-bond donors (Lipinski definition) is 0. The second-order valence-electron chi connectivity index (χ2n) is 5.19. The number of para-hydroxylation sites is 1. The van der Waals surface area contributed by atoms with Crippen LogP contribution in [-0.4, -0.2) is 38.2 Å². The van der Waals surface area contributed by atoms with Crippen LogP contribution in [0.4, 0.5) is 0 Å². The Balaban J connectivity index is 1.81. The Bertz CT molecular complexity index is 593. The minimum absolute atomic E-state index is 0.0631. The van der Waals surface area contributed by atoms with Crippen molar-refractivity contribution >= 4 is 5.91 Å². The third-order valence-electron chi connectivity index (χ3n) is 3.77. The van der Waals surface area contributed by atoms with Gasteiger partial charge in [-0.1, -0.05) is 18.2 Å². The molecular formula is C15H18N4O. The van der Waals surface area contributed by atoms with Crippen molar-refractivity contribution in [2.45, 2.75) is 32.2 Å². The average Bonchev–Trinajstić information content (AvgIpc) is 2.98.